The lowest BCUT2D eigenvalue weighted by atomic mass is 9.59. The first kappa shape index (κ1) is 20.4. The second-order valence-corrected chi connectivity index (χ2v) is 10.7. The fraction of sp³-hybridized carbons (Fsp3) is 0.920. The predicted molar refractivity (Wildman–Crippen MR) is 114 cm³/mol. The molecule has 0 aromatic heterocycles. The highest BCUT2D eigenvalue weighted by atomic mass is 15.3. The number of fused-ring (bicyclic) bond motifs is 1. The van der Waals surface area contributed by atoms with Gasteiger partial charge in [0, 0.05) is 18.6 Å². The van der Waals surface area contributed by atoms with E-state index >= 15 is 0 Å². The van der Waals surface area contributed by atoms with E-state index < -0.39 is 0 Å². The van der Waals surface area contributed by atoms with Crippen LogP contribution < -0.4 is 0 Å². The van der Waals surface area contributed by atoms with Crippen molar-refractivity contribution in [3.63, 3.8) is 0 Å². The molecule has 1 heterocycles. The van der Waals surface area contributed by atoms with Crippen LogP contribution in [-0.2, 0) is 0 Å². The summed E-state index contributed by atoms with van der Waals surface area (Å²) < 4.78 is 0. The molecule has 3 fully saturated rings. The quantitative estimate of drug-likeness (QED) is 0.388. The standard InChI is InChI=1S/C25H45N/c1-8-20(5)24(7)13-9-10-23-22(18(2)3)12-15-25(23,26-16-17-26)14-11-19(4)21(24)6/h19-23H,2,8-17H2,1,3-7H3. The Hall–Kier alpha value is -0.300. The van der Waals surface area contributed by atoms with Crippen LogP contribution in [-0.4, -0.2) is 23.5 Å². The van der Waals surface area contributed by atoms with Gasteiger partial charge in [-0.3, -0.25) is 4.90 Å². The Labute approximate surface area is 164 Å². The molecule has 2 aliphatic carbocycles. The summed E-state index contributed by atoms with van der Waals surface area (Å²) in [5, 5.41) is 0. The van der Waals surface area contributed by atoms with E-state index in [1.165, 1.54) is 70.0 Å². The highest BCUT2D eigenvalue weighted by Gasteiger charge is 2.55. The third-order valence-electron chi connectivity index (χ3n) is 9.67. The lowest BCUT2D eigenvalue weighted by Gasteiger charge is -2.48. The van der Waals surface area contributed by atoms with Gasteiger partial charge >= 0.3 is 0 Å². The molecule has 150 valence electrons. The van der Waals surface area contributed by atoms with Gasteiger partial charge in [0.15, 0.2) is 0 Å². The molecule has 0 aromatic carbocycles. The first-order valence-corrected chi connectivity index (χ1v) is 11.7. The van der Waals surface area contributed by atoms with Gasteiger partial charge in [0.1, 0.15) is 0 Å². The molecular weight excluding hydrogens is 314 g/mol. The van der Waals surface area contributed by atoms with Crippen molar-refractivity contribution in [3.8, 4) is 0 Å². The Morgan fingerprint density at radius 1 is 1.12 bits per heavy atom. The summed E-state index contributed by atoms with van der Waals surface area (Å²) in [7, 11) is 0. The van der Waals surface area contributed by atoms with Crippen LogP contribution in [0.5, 0.6) is 0 Å². The Balaban J connectivity index is 1.88. The summed E-state index contributed by atoms with van der Waals surface area (Å²) in [6.45, 7) is 22.1. The largest absolute Gasteiger partial charge is 0.295 e. The zero-order valence-corrected chi connectivity index (χ0v) is 18.6. The van der Waals surface area contributed by atoms with Gasteiger partial charge in [-0.1, -0.05) is 59.6 Å². The summed E-state index contributed by atoms with van der Waals surface area (Å²) in [5.41, 5.74) is 2.48. The van der Waals surface area contributed by atoms with Crippen molar-refractivity contribution in [1.82, 2.24) is 4.90 Å². The molecule has 1 aliphatic heterocycles. The van der Waals surface area contributed by atoms with E-state index in [2.05, 4.69) is 53.0 Å². The number of rotatable bonds is 4. The highest BCUT2D eigenvalue weighted by molar-refractivity contribution is 5.15. The number of allylic oxidation sites excluding steroid dienone is 1. The maximum Gasteiger partial charge on any atom is 0.0244 e. The van der Waals surface area contributed by atoms with Gasteiger partial charge in [-0.05, 0) is 80.5 Å². The predicted octanol–water partition coefficient (Wildman–Crippen LogP) is 6.93. The Bertz CT molecular complexity index is 506. The maximum absolute atomic E-state index is 4.41. The van der Waals surface area contributed by atoms with Crippen LogP contribution in [0.4, 0.5) is 0 Å². The molecule has 0 spiro atoms. The van der Waals surface area contributed by atoms with E-state index in [9.17, 15) is 0 Å². The first-order valence-electron chi connectivity index (χ1n) is 11.7. The topological polar surface area (TPSA) is 3.01 Å². The third kappa shape index (κ3) is 3.43. The monoisotopic (exact) mass is 359 g/mol. The molecule has 26 heavy (non-hydrogen) atoms. The van der Waals surface area contributed by atoms with Crippen molar-refractivity contribution < 1.29 is 0 Å². The van der Waals surface area contributed by atoms with Gasteiger partial charge in [-0.2, -0.15) is 0 Å². The summed E-state index contributed by atoms with van der Waals surface area (Å²) in [6.07, 6.45) is 11.3. The molecular formula is C25H45N. The van der Waals surface area contributed by atoms with Crippen LogP contribution in [0.2, 0.25) is 0 Å². The molecule has 1 saturated heterocycles. The van der Waals surface area contributed by atoms with Crippen molar-refractivity contribution >= 4 is 0 Å². The SMILES string of the molecule is C=C(C)C1CCC2(N3CC3)CCC(C)C(C)C(C)(C(C)CC)CCCC12. The molecule has 3 rings (SSSR count). The summed E-state index contributed by atoms with van der Waals surface area (Å²) in [5.74, 6) is 4.14. The second-order valence-electron chi connectivity index (χ2n) is 10.7. The molecule has 7 unspecified atom stereocenters. The summed E-state index contributed by atoms with van der Waals surface area (Å²) in [4.78, 5) is 2.85. The van der Waals surface area contributed by atoms with Crippen LogP contribution in [0.25, 0.3) is 0 Å². The van der Waals surface area contributed by atoms with Crippen LogP contribution in [0, 0.1) is 35.0 Å². The highest BCUT2D eigenvalue weighted by Crippen LogP contribution is 2.56. The van der Waals surface area contributed by atoms with Crippen LogP contribution >= 0.6 is 0 Å². The lowest BCUT2D eigenvalue weighted by molar-refractivity contribution is 0.0283. The maximum atomic E-state index is 4.41. The molecule has 0 N–H and O–H groups in total. The minimum atomic E-state index is 0.505. The van der Waals surface area contributed by atoms with Gasteiger partial charge in [0.25, 0.3) is 0 Å². The van der Waals surface area contributed by atoms with Crippen LogP contribution in [0.15, 0.2) is 12.2 Å². The molecule has 3 aliphatic rings. The fourth-order valence-corrected chi connectivity index (χ4v) is 7.05. The van der Waals surface area contributed by atoms with E-state index in [0.717, 1.165) is 29.6 Å². The zero-order valence-electron chi connectivity index (χ0n) is 18.6. The second kappa shape index (κ2) is 7.61. The summed E-state index contributed by atoms with van der Waals surface area (Å²) >= 11 is 0. The average Bonchev–Trinajstić information content (AvgIpc) is 3.40. The normalized spacial score (nSPS) is 45.8. The van der Waals surface area contributed by atoms with Crippen molar-refractivity contribution in [2.45, 2.75) is 98.4 Å². The van der Waals surface area contributed by atoms with Gasteiger partial charge < -0.3 is 0 Å². The van der Waals surface area contributed by atoms with E-state index in [1.807, 2.05) is 0 Å². The van der Waals surface area contributed by atoms with Crippen molar-refractivity contribution in [3.05, 3.63) is 12.2 Å². The number of hydrogen-bond donors (Lipinski definition) is 0. The van der Waals surface area contributed by atoms with Crippen molar-refractivity contribution in [2.24, 2.45) is 35.0 Å². The Kier molecular flexibility index (Phi) is 5.98. The van der Waals surface area contributed by atoms with Gasteiger partial charge in [-0.15, -0.1) is 0 Å². The minimum Gasteiger partial charge on any atom is -0.295 e. The Morgan fingerprint density at radius 3 is 2.35 bits per heavy atom. The molecule has 0 amide bonds. The summed E-state index contributed by atoms with van der Waals surface area (Å²) in [6, 6.07) is 0. The van der Waals surface area contributed by atoms with Gasteiger partial charge in [0.2, 0.25) is 0 Å². The van der Waals surface area contributed by atoms with Crippen LogP contribution in [0.3, 0.4) is 0 Å². The fourth-order valence-electron chi connectivity index (χ4n) is 7.05. The molecule has 1 heteroatoms. The Morgan fingerprint density at radius 2 is 1.77 bits per heavy atom. The molecule has 0 aromatic rings. The smallest absolute Gasteiger partial charge is 0.0244 e. The van der Waals surface area contributed by atoms with E-state index in [0.29, 0.717) is 11.0 Å². The lowest BCUT2D eigenvalue weighted by Crippen LogP contribution is -2.45. The van der Waals surface area contributed by atoms with E-state index in [-0.39, 0.29) is 0 Å². The number of hydrogen-bond acceptors (Lipinski definition) is 1. The molecule has 2 saturated carbocycles. The number of nitrogens with zero attached hydrogens (tertiary/aromatic N) is 1. The zero-order chi connectivity index (χ0) is 19.1. The molecule has 0 bridgehead atoms. The van der Waals surface area contributed by atoms with Gasteiger partial charge in [0.05, 0.1) is 0 Å². The van der Waals surface area contributed by atoms with Crippen molar-refractivity contribution in [2.75, 3.05) is 13.1 Å². The third-order valence-corrected chi connectivity index (χ3v) is 9.67. The van der Waals surface area contributed by atoms with Crippen molar-refractivity contribution in [1.29, 1.82) is 0 Å². The first-order chi connectivity index (χ1) is 12.3. The molecule has 1 nitrogen and oxygen atoms in total. The van der Waals surface area contributed by atoms with E-state index in [4.69, 9.17) is 0 Å². The molecule has 7 atom stereocenters. The van der Waals surface area contributed by atoms with Crippen LogP contribution in [0.1, 0.15) is 92.9 Å². The van der Waals surface area contributed by atoms with Gasteiger partial charge in [-0.25, -0.2) is 0 Å². The average molecular weight is 360 g/mol. The molecule has 0 radical (unpaired) electrons. The van der Waals surface area contributed by atoms with E-state index in [1.54, 1.807) is 0 Å². The minimum absolute atomic E-state index is 0.505.